The fourth-order valence-corrected chi connectivity index (χ4v) is 2.77. The summed E-state index contributed by atoms with van der Waals surface area (Å²) in [6.07, 6.45) is 3.26. The van der Waals surface area contributed by atoms with Gasteiger partial charge in [-0.05, 0) is 25.1 Å². The van der Waals surface area contributed by atoms with Crippen molar-refractivity contribution in [1.82, 2.24) is 4.90 Å². The van der Waals surface area contributed by atoms with E-state index in [1.54, 1.807) is 17.4 Å². The van der Waals surface area contributed by atoms with Gasteiger partial charge in [-0.15, -0.1) is 11.3 Å². The van der Waals surface area contributed by atoms with Crippen LogP contribution in [0, 0.1) is 6.92 Å². The molecular weight excluding hydrogens is 278 g/mol. The van der Waals surface area contributed by atoms with Crippen LogP contribution in [0.5, 0.6) is 0 Å². The van der Waals surface area contributed by atoms with Crippen LogP contribution in [-0.4, -0.2) is 49.7 Å². The van der Waals surface area contributed by atoms with E-state index in [0.717, 1.165) is 4.88 Å². The number of amides is 1. The molecule has 108 valence electrons. The van der Waals surface area contributed by atoms with Crippen LogP contribution in [0.25, 0.3) is 6.08 Å². The van der Waals surface area contributed by atoms with Crippen molar-refractivity contribution in [1.29, 1.82) is 0 Å². The number of esters is 1. The summed E-state index contributed by atoms with van der Waals surface area (Å²) in [4.78, 5) is 27.5. The lowest BCUT2D eigenvalue weighted by molar-refractivity contribution is -0.158. The van der Waals surface area contributed by atoms with E-state index < -0.39 is 12.0 Å². The number of carbonyl (C=O) groups is 2. The standard InChI is InChI=1S/C14H17NO4S/c1-10-3-4-11(20-10)5-6-13(16)15-7-8-19-9-12(15)14(17)18-2/h3-6,12H,7-9H2,1-2H3/b6-5+. The van der Waals surface area contributed by atoms with Gasteiger partial charge in [0.05, 0.1) is 20.3 Å². The molecule has 1 fully saturated rings. The lowest BCUT2D eigenvalue weighted by Crippen LogP contribution is -2.52. The van der Waals surface area contributed by atoms with Crippen molar-refractivity contribution >= 4 is 29.3 Å². The zero-order valence-corrected chi connectivity index (χ0v) is 12.3. The molecule has 2 rings (SSSR count). The third-order valence-corrected chi connectivity index (χ3v) is 4.00. The number of aryl methyl sites for hydroxylation is 1. The topological polar surface area (TPSA) is 55.8 Å². The van der Waals surface area contributed by atoms with Crippen LogP contribution in [0.2, 0.25) is 0 Å². The smallest absolute Gasteiger partial charge is 0.331 e. The molecule has 0 N–H and O–H groups in total. The average molecular weight is 295 g/mol. The highest BCUT2D eigenvalue weighted by molar-refractivity contribution is 7.12. The molecule has 0 spiro atoms. The first-order valence-electron chi connectivity index (χ1n) is 6.32. The van der Waals surface area contributed by atoms with Crippen LogP contribution in [0.4, 0.5) is 0 Å². The summed E-state index contributed by atoms with van der Waals surface area (Å²) < 4.78 is 9.94. The van der Waals surface area contributed by atoms with Crippen molar-refractivity contribution in [2.24, 2.45) is 0 Å². The van der Waals surface area contributed by atoms with Gasteiger partial charge in [-0.1, -0.05) is 0 Å². The fourth-order valence-electron chi connectivity index (χ4n) is 1.99. The molecule has 1 aromatic heterocycles. The summed E-state index contributed by atoms with van der Waals surface area (Å²) in [5.74, 6) is -0.645. The monoisotopic (exact) mass is 295 g/mol. The largest absolute Gasteiger partial charge is 0.467 e. The normalized spacial score (nSPS) is 19.3. The molecule has 0 saturated carbocycles. The number of morpholine rings is 1. The Morgan fingerprint density at radius 2 is 2.30 bits per heavy atom. The van der Waals surface area contributed by atoms with Gasteiger partial charge < -0.3 is 14.4 Å². The summed E-state index contributed by atoms with van der Waals surface area (Å²) >= 11 is 1.61. The third-order valence-electron chi connectivity index (χ3n) is 3.04. The summed E-state index contributed by atoms with van der Waals surface area (Å²) in [6, 6.07) is 3.30. The van der Waals surface area contributed by atoms with E-state index in [2.05, 4.69) is 0 Å². The van der Waals surface area contributed by atoms with Crippen molar-refractivity contribution in [3.8, 4) is 0 Å². The third kappa shape index (κ3) is 3.46. The summed E-state index contributed by atoms with van der Waals surface area (Å²) in [6.45, 7) is 3.03. The maximum absolute atomic E-state index is 12.2. The summed E-state index contributed by atoms with van der Waals surface area (Å²) in [5.41, 5.74) is 0. The minimum absolute atomic E-state index is 0.185. The molecule has 0 bridgehead atoms. The van der Waals surface area contributed by atoms with Crippen LogP contribution >= 0.6 is 11.3 Å². The van der Waals surface area contributed by atoms with Crippen molar-refractivity contribution in [3.05, 3.63) is 28.0 Å². The predicted molar refractivity (Wildman–Crippen MR) is 76.4 cm³/mol. The van der Waals surface area contributed by atoms with Gasteiger partial charge in [-0.3, -0.25) is 4.79 Å². The van der Waals surface area contributed by atoms with Crippen LogP contribution in [0.1, 0.15) is 9.75 Å². The fraction of sp³-hybridized carbons (Fsp3) is 0.429. The molecule has 20 heavy (non-hydrogen) atoms. The SMILES string of the molecule is COC(=O)C1COCCN1C(=O)/C=C/c1ccc(C)s1. The minimum atomic E-state index is -0.657. The van der Waals surface area contributed by atoms with Gasteiger partial charge in [-0.25, -0.2) is 4.79 Å². The van der Waals surface area contributed by atoms with Crippen molar-refractivity contribution < 1.29 is 19.1 Å². The maximum atomic E-state index is 12.2. The Kier molecular flexibility index (Phi) is 4.92. The Bertz CT molecular complexity index is 523. The molecule has 1 atom stereocenters. The molecule has 0 aromatic carbocycles. The van der Waals surface area contributed by atoms with Gasteiger partial charge >= 0.3 is 5.97 Å². The molecule has 2 heterocycles. The average Bonchev–Trinajstić information content (AvgIpc) is 2.89. The van der Waals surface area contributed by atoms with Crippen LogP contribution in [0.15, 0.2) is 18.2 Å². The zero-order chi connectivity index (χ0) is 14.5. The second kappa shape index (κ2) is 6.67. The molecule has 1 aliphatic rings. The van der Waals surface area contributed by atoms with Gasteiger partial charge in [0.15, 0.2) is 6.04 Å². The van der Waals surface area contributed by atoms with Gasteiger partial charge in [0.25, 0.3) is 0 Å². The molecule has 0 aliphatic carbocycles. The quantitative estimate of drug-likeness (QED) is 0.626. The minimum Gasteiger partial charge on any atom is -0.467 e. The van der Waals surface area contributed by atoms with E-state index in [-0.39, 0.29) is 12.5 Å². The van der Waals surface area contributed by atoms with Crippen molar-refractivity contribution in [2.75, 3.05) is 26.9 Å². The summed E-state index contributed by atoms with van der Waals surface area (Å²) in [7, 11) is 1.31. The number of carbonyl (C=O) groups excluding carboxylic acids is 2. The Morgan fingerprint density at radius 1 is 1.50 bits per heavy atom. The second-order valence-electron chi connectivity index (χ2n) is 4.43. The second-order valence-corrected chi connectivity index (χ2v) is 5.75. The highest BCUT2D eigenvalue weighted by Gasteiger charge is 2.32. The van der Waals surface area contributed by atoms with Gasteiger partial charge in [0.1, 0.15) is 0 Å². The van der Waals surface area contributed by atoms with Crippen molar-refractivity contribution in [3.63, 3.8) is 0 Å². The van der Waals surface area contributed by atoms with E-state index in [0.29, 0.717) is 13.2 Å². The van der Waals surface area contributed by atoms with Crippen LogP contribution < -0.4 is 0 Å². The first-order valence-corrected chi connectivity index (χ1v) is 7.14. The lowest BCUT2D eigenvalue weighted by atomic mass is 10.2. The number of hydrogen-bond acceptors (Lipinski definition) is 5. The molecule has 5 nitrogen and oxygen atoms in total. The van der Waals surface area contributed by atoms with E-state index in [9.17, 15) is 9.59 Å². The maximum Gasteiger partial charge on any atom is 0.331 e. The number of thiophene rings is 1. The van der Waals surface area contributed by atoms with Crippen LogP contribution in [0.3, 0.4) is 0 Å². The van der Waals surface area contributed by atoms with Crippen molar-refractivity contribution in [2.45, 2.75) is 13.0 Å². The van der Waals surface area contributed by atoms with Crippen LogP contribution in [-0.2, 0) is 19.1 Å². The van der Waals surface area contributed by atoms with E-state index in [1.807, 2.05) is 19.1 Å². The Hall–Kier alpha value is -1.66. The number of nitrogens with zero attached hydrogens (tertiary/aromatic N) is 1. The molecular formula is C14H17NO4S. The highest BCUT2D eigenvalue weighted by atomic mass is 32.1. The van der Waals surface area contributed by atoms with E-state index >= 15 is 0 Å². The molecule has 1 saturated heterocycles. The number of ether oxygens (including phenoxy) is 2. The predicted octanol–water partition coefficient (Wildman–Crippen LogP) is 1.47. The number of rotatable bonds is 3. The number of hydrogen-bond donors (Lipinski definition) is 0. The Labute approximate surface area is 121 Å². The molecule has 1 unspecified atom stereocenters. The van der Waals surface area contributed by atoms with Gasteiger partial charge in [0, 0.05) is 22.4 Å². The lowest BCUT2D eigenvalue weighted by Gasteiger charge is -2.32. The Morgan fingerprint density at radius 3 is 2.95 bits per heavy atom. The van der Waals surface area contributed by atoms with Gasteiger partial charge in [0.2, 0.25) is 5.91 Å². The molecule has 1 amide bonds. The molecule has 0 radical (unpaired) electrons. The zero-order valence-electron chi connectivity index (χ0n) is 11.5. The Balaban J connectivity index is 2.06. The first kappa shape index (κ1) is 14.7. The van der Waals surface area contributed by atoms with E-state index in [1.165, 1.54) is 23.0 Å². The summed E-state index contributed by atoms with van der Waals surface area (Å²) in [5, 5.41) is 0. The molecule has 1 aromatic rings. The first-order chi connectivity index (χ1) is 9.61. The van der Waals surface area contributed by atoms with Gasteiger partial charge in [-0.2, -0.15) is 0 Å². The highest BCUT2D eigenvalue weighted by Crippen LogP contribution is 2.17. The molecule has 1 aliphatic heterocycles. The van der Waals surface area contributed by atoms with E-state index in [4.69, 9.17) is 9.47 Å². The number of methoxy groups -OCH3 is 1. The molecule has 6 heteroatoms.